The Labute approximate surface area is 163 Å². The highest BCUT2D eigenvalue weighted by Gasteiger charge is 2.28. The Hall–Kier alpha value is -2.82. The molecular formula is C18H19N5O4S. The van der Waals surface area contributed by atoms with Crippen LogP contribution < -0.4 is 15.6 Å². The number of hydrogen-bond donors (Lipinski definition) is 3. The highest BCUT2D eigenvalue weighted by molar-refractivity contribution is 7.12. The Kier molecular flexibility index (Phi) is 4.84. The molecule has 9 nitrogen and oxygen atoms in total. The molecule has 0 aromatic carbocycles. The van der Waals surface area contributed by atoms with Crippen LogP contribution in [0.5, 0.6) is 0 Å². The topological polar surface area (TPSA) is 121 Å². The molecule has 0 saturated carbocycles. The van der Waals surface area contributed by atoms with Gasteiger partial charge in [0, 0.05) is 43.4 Å². The van der Waals surface area contributed by atoms with Crippen molar-refractivity contribution >= 4 is 34.2 Å². The van der Waals surface area contributed by atoms with Crippen molar-refractivity contribution in [2.24, 2.45) is 0 Å². The first kappa shape index (κ1) is 18.5. The van der Waals surface area contributed by atoms with Gasteiger partial charge in [0.1, 0.15) is 11.4 Å². The summed E-state index contributed by atoms with van der Waals surface area (Å²) in [4.78, 5) is 35.3. The van der Waals surface area contributed by atoms with E-state index < -0.39 is 11.4 Å². The molecule has 4 rings (SSSR count). The third-order valence-corrected chi connectivity index (χ3v) is 5.52. The van der Waals surface area contributed by atoms with Crippen LogP contribution in [0.2, 0.25) is 0 Å². The summed E-state index contributed by atoms with van der Waals surface area (Å²) in [5.41, 5.74) is 0.215. The number of aliphatic hydroxyl groups is 1. The Morgan fingerprint density at radius 2 is 2.21 bits per heavy atom. The normalized spacial score (nSPS) is 14.4. The zero-order chi connectivity index (χ0) is 19.8. The first-order valence-corrected chi connectivity index (χ1v) is 9.67. The standard InChI is InChI=1S/C18H19N5O4S/c1-10-6-13(22-7-11(8-22)19-2-4-24)21-16-14(10)15(25)12(17(26)27)9-23(16)18-20-3-5-28-18/h3,5-6,9,11,19,24H,2,4,7-8H2,1H3,(H,26,27). The molecule has 3 N–H and O–H groups in total. The van der Waals surface area contributed by atoms with Crippen LogP contribution in [0.15, 0.2) is 28.6 Å². The lowest BCUT2D eigenvalue weighted by Crippen LogP contribution is -2.58. The van der Waals surface area contributed by atoms with Gasteiger partial charge >= 0.3 is 5.97 Å². The van der Waals surface area contributed by atoms with Crippen molar-refractivity contribution in [3.8, 4) is 5.13 Å². The van der Waals surface area contributed by atoms with Gasteiger partial charge in [-0.3, -0.25) is 9.36 Å². The molecule has 1 saturated heterocycles. The van der Waals surface area contributed by atoms with Gasteiger partial charge in [-0.1, -0.05) is 0 Å². The second kappa shape index (κ2) is 7.30. The van der Waals surface area contributed by atoms with Crippen molar-refractivity contribution in [3.63, 3.8) is 0 Å². The minimum absolute atomic E-state index is 0.0931. The Balaban J connectivity index is 1.83. The Morgan fingerprint density at radius 3 is 2.86 bits per heavy atom. The lowest BCUT2D eigenvalue weighted by Gasteiger charge is -2.40. The van der Waals surface area contributed by atoms with Gasteiger partial charge in [-0.25, -0.2) is 14.8 Å². The number of aromatic carboxylic acids is 1. The fourth-order valence-electron chi connectivity index (χ4n) is 3.34. The molecule has 146 valence electrons. The molecule has 1 fully saturated rings. The highest BCUT2D eigenvalue weighted by atomic mass is 32.1. The number of aliphatic hydroxyl groups excluding tert-OH is 1. The van der Waals surface area contributed by atoms with Crippen LogP contribution in [0.25, 0.3) is 16.2 Å². The van der Waals surface area contributed by atoms with Crippen molar-refractivity contribution in [2.75, 3.05) is 31.1 Å². The van der Waals surface area contributed by atoms with Gasteiger partial charge in [-0.2, -0.15) is 0 Å². The van der Waals surface area contributed by atoms with Gasteiger partial charge in [-0.15, -0.1) is 11.3 Å². The average molecular weight is 401 g/mol. The summed E-state index contributed by atoms with van der Waals surface area (Å²) in [5, 5.41) is 24.2. The van der Waals surface area contributed by atoms with E-state index in [0.29, 0.717) is 22.9 Å². The van der Waals surface area contributed by atoms with Crippen molar-refractivity contribution in [1.82, 2.24) is 19.9 Å². The largest absolute Gasteiger partial charge is 0.477 e. The molecule has 10 heteroatoms. The summed E-state index contributed by atoms with van der Waals surface area (Å²) >= 11 is 1.34. The third-order valence-electron chi connectivity index (χ3n) is 4.75. The number of thiazole rings is 1. The first-order valence-electron chi connectivity index (χ1n) is 8.79. The van der Waals surface area contributed by atoms with E-state index in [-0.39, 0.29) is 23.6 Å². The van der Waals surface area contributed by atoms with Crippen LogP contribution in [0.4, 0.5) is 5.82 Å². The van der Waals surface area contributed by atoms with Gasteiger partial charge in [0.05, 0.1) is 12.0 Å². The maximum atomic E-state index is 12.7. The van der Waals surface area contributed by atoms with Crippen molar-refractivity contribution < 1.29 is 15.0 Å². The predicted molar refractivity (Wildman–Crippen MR) is 106 cm³/mol. The number of nitrogens with one attached hydrogen (secondary N) is 1. The molecule has 0 aliphatic carbocycles. The maximum Gasteiger partial charge on any atom is 0.341 e. The molecule has 0 amide bonds. The number of nitrogens with zero attached hydrogens (tertiary/aromatic N) is 4. The van der Waals surface area contributed by atoms with E-state index in [1.165, 1.54) is 17.5 Å². The number of rotatable bonds is 6. The number of anilines is 1. The molecule has 0 bridgehead atoms. The minimum Gasteiger partial charge on any atom is -0.477 e. The van der Waals surface area contributed by atoms with E-state index in [0.717, 1.165) is 18.9 Å². The quantitative estimate of drug-likeness (QED) is 0.550. The van der Waals surface area contributed by atoms with Gasteiger partial charge in [0.2, 0.25) is 5.43 Å². The smallest absolute Gasteiger partial charge is 0.341 e. The molecule has 28 heavy (non-hydrogen) atoms. The predicted octanol–water partition coefficient (Wildman–Crippen LogP) is 0.619. The molecule has 0 atom stereocenters. The minimum atomic E-state index is -1.28. The number of aryl methyl sites for hydroxylation is 1. The highest BCUT2D eigenvalue weighted by Crippen LogP contribution is 2.26. The van der Waals surface area contributed by atoms with E-state index in [1.54, 1.807) is 23.1 Å². The first-order chi connectivity index (χ1) is 13.5. The second-order valence-corrected chi connectivity index (χ2v) is 7.51. The lowest BCUT2D eigenvalue weighted by molar-refractivity contribution is 0.0695. The summed E-state index contributed by atoms with van der Waals surface area (Å²) in [5.74, 6) is -0.555. The summed E-state index contributed by atoms with van der Waals surface area (Å²) in [6, 6.07) is 2.09. The summed E-state index contributed by atoms with van der Waals surface area (Å²) in [7, 11) is 0. The van der Waals surface area contributed by atoms with Gasteiger partial charge in [-0.05, 0) is 18.6 Å². The molecule has 1 aliphatic heterocycles. The van der Waals surface area contributed by atoms with E-state index in [2.05, 4.69) is 20.2 Å². The monoisotopic (exact) mass is 401 g/mol. The zero-order valence-electron chi connectivity index (χ0n) is 15.1. The molecule has 0 spiro atoms. The molecular weight excluding hydrogens is 382 g/mol. The zero-order valence-corrected chi connectivity index (χ0v) is 15.9. The SMILES string of the molecule is Cc1cc(N2CC(NCCO)C2)nc2c1c(=O)c(C(=O)O)cn2-c1nccs1. The van der Waals surface area contributed by atoms with Crippen LogP contribution in [0.3, 0.4) is 0 Å². The summed E-state index contributed by atoms with van der Waals surface area (Å²) in [6.07, 6.45) is 2.91. The molecule has 3 aromatic heterocycles. The number of carbonyl (C=O) groups is 1. The number of fused-ring (bicyclic) bond motifs is 1. The van der Waals surface area contributed by atoms with Crippen molar-refractivity contribution in [3.05, 3.63) is 45.2 Å². The van der Waals surface area contributed by atoms with Crippen LogP contribution in [-0.4, -0.2) is 63.0 Å². The molecule has 0 radical (unpaired) electrons. The van der Waals surface area contributed by atoms with Crippen molar-refractivity contribution in [1.29, 1.82) is 0 Å². The average Bonchev–Trinajstić information content (AvgIpc) is 3.14. The summed E-state index contributed by atoms with van der Waals surface area (Å²) in [6.45, 7) is 3.91. The van der Waals surface area contributed by atoms with E-state index in [9.17, 15) is 14.7 Å². The second-order valence-electron chi connectivity index (χ2n) is 6.64. The van der Waals surface area contributed by atoms with Crippen LogP contribution in [0.1, 0.15) is 15.9 Å². The van der Waals surface area contributed by atoms with Crippen LogP contribution >= 0.6 is 11.3 Å². The van der Waals surface area contributed by atoms with E-state index in [1.807, 2.05) is 6.07 Å². The molecule has 0 unspecified atom stereocenters. The number of aromatic nitrogens is 3. The van der Waals surface area contributed by atoms with Crippen LogP contribution in [-0.2, 0) is 0 Å². The summed E-state index contributed by atoms with van der Waals surface area (Å²) < 4.78 is 1.57. The van der Waals surface area contributed by atoms with Gasteiger partial charge in [0.25, 0.3) is 0 Å². The fourth-order valence-corrected chi connectivity index (χ4v) is 3.95. The van der Waals surface area contributed by atoms with Gasteiger partial charge < -0.3 is 20.4 Å². The van der Waals surface area contributed by atoms with Crippen LogP contribution in [0, 0.1) is 6.92 Å². The van der Waals surface area contributed by atoms with E-state index >= 15 is 0 Å². The third kappa shape index (κ3) is 3.15. The fraction of sp³-hybridized carbons (Fsp3) is 0.333. The number of pyridine rings is 2. The molecule has 1 aliphatic rings. The Morgan fingerprint density at radius 1 is 1.43 bits per heavy atom. The molecule has 3 aromatic rings. The van der Waals surface area contributed by atoms with Gasteiger partial charge in [0.15, 0.2) is 10.8 Å². The Bertz CT molecular complexity index is 1090. The molecule has 4 heterocycles. The number of carboxylic acid groups (broad SMARTS) is 1. The van der Waals surface area contributed by atoms with Crippen molar-refractivity contribution in [2.45, 2.75) is 13.0 Å². The number of carboxylic acids is 1. The number of hydrogen-bond acceptors (Lipinski definition) is 8. The maximum absolute atomic E-state index is 12.7. The van der Waals surface area contributed by atoms with E-state index in [4.69, 9.17) is 5.11 Å². The lowest BCUT2D eigenvalue weighted by atomic mass is 10.1.